The molecule has 1 N–H and O–H groups in total. The molecule has 2 aromatic rings. The Balaban J connectivity index is 1.90. The number of nitrogens with zero attached hydrogens (tertiary/aromatic N) is 2. The van der Waals surface area contributed by atoms with Crippen LogP contribution < -0.4 is 5.32 Å². The van der Waals surface area contributed by atoms with Gasteiger partial charge in [0.25, 0.3) is 5.91 Å². The number of aryl methyl sites for hydroxylation is 1. The van der Waals surface area contributed by atoms with Gasteiger partial charge in [0.2, 0.25) is 0 Å². The van der Waals surface area contributed by atoms with Crippen LogP contribution in [0.5, 0.6) is 0 Å². The quantitative estimate of drug-likeness (QED) is 0.559. The number of carbonyl (C=O) groups is 1. The van der Waals surface area contributed by atoms with Crippen molar-refractivity contribution < 1.29 is 18.0 Å². The second kappa shape index (κ2) is 8.35. The van der Waals surface area contributed by atoms with E-state index in [0.29, 0.717) is 22.9 Å². The number of alkyl halides is 3. The molecule has 1 amide bonds. The molecule has 0 bridgehead atoms. The summed E-state index contributed by atoms with van der Waals surface area (Å²) in [4.78, 5) is 16.0. The first-order valence-corrected chi connectivity index (χ1v) is 9.32. The number of rotatable bonds is 6. The Morgan fingerprint density at radius 1 is 1.35 bits per heavy atom. The molecule has 0 spiro atoms. The summed E-state index contributed by atoms with van der Waals surface area (Å²) in [6.07, 6.45) is -3.72. The number of pyridine rings is 1. The van der Waals surface area contributed by atoms with E-state index >= 15 is 0 Å². The summed E-state index contributed by atoms with van der Waals surface area (Å²) in [5.74, 6) is 0.265. The van der Waals surface area contributed by atoms with E-state index in [0.717, 1.165) is 30.2 Å². The van der Waals surface area contributed by atoms with Gasteiger partial charge in [-0.15, -0.1) is 11.8 Å². The van der Waals surface area contributed by atoms with Gasteiger partial charge in [0.05, 0.1) is 16.1 Å². The van der Waals surface area contributed by atoms with E-state index in [1.807, 2.05) is 26.8 Å². The summed E-state index contributed by atoms with van der Waals surface area (Å²) in [5.41, 5.74) is 1.67. The predicted molar refractivity (Wildman–Crippen MR) is 96.9 cm³/mol. The van der Waals surface area contributed by atoms with Gasteiger partial charge in [-0.1, -0.05) is 11.6 Å². The normalized spacial score (nSPS) is 11.7. The Morgan fingerprint density at radius 2 is 2.04 bits per heavy atom. The number of amides is 1. The Labute approximate surface area is 159 Å². The molecule has 2 rings (SSSR count). The number of halogens is 4. The molecule has 2 aromatic heterocycles. The van der Waals surface area contributed by atoms with Crippen LogP contribution in [0.2, 0.25) is 5.02 Å². The Hall–Kier alpha value is -1.67. The third-order valence-electron chi connectivity index (χ3n) is 3.90. The molecule has 4 nitrogen and oxygen atoms in total. The molecule has 0 atom stereocenters. The molecule has 9 heteroatoms. The number of hydrogen-bond acceptors (Lipinski definition) is 3. The van der Waals surface area contributed by atoms with Crippen molar-refractivity contribution in [3.05, 3.63) is 45.9 Å². The Kier molecular flexibility index (Phi) is 6.63. The molecule has 0 aliphatic heterocycles. The zero-order valence-electron chi connectivity index (χ0n) is 14.6. The highest BCUT2D eigenvalue weighted by Crippen LogP contribution is 2.33. The minimum Gasteiger partial charge on any atom is -0.351 e. The van der Waals surface area contributed by atoms with Crippen molar-refractivity contribution in [3.63, 3.8) is 0 Å². The van der Waals surface area contributed by atoms with Crippen LogP contribution in [-0.4, -0.2) is 27.8 Å². The Bertz CT molecular complexity index is 805. The Morgan fingerprint density at radius 3 is 2.58 bits per heavy atom. The van der Waals surface area contributed by atoms with Gasteiger partial charge in [-0.05, 0) is 32.9 Å². The molecule has 0 aromatic carbocycles. The van der Waals surface area contributed by atoms with E-state index in [4.69, 9.17) is 11.6 Å². The highest BCUT2D eigenvalue weighted by Gasteiger charge is 2.31. The molecular weight excluding hydrogens is 387 g/mol. The van der Waals surface area contributed by atoms with Crippen LogP contribution in [0.1, 0.15) is 34.2 Å². The van der Waals surface area contributed by atoms with Gasteiger partial charge in [0.15, 0.2) is 0 Å². The van der Waals surface area contributed by atoms with Crippen molar-refractivity contribution in [3.8, 4) is 0 Å². The van der Waals surface area contributed by atoms with Gasteiger partial charge in [-0.3, -0.25) is 4.79 Å². The average Bonchev–Trinajstić information content (AvgIpc) is 2.85. The molecule has 0 radical (unpaired) electrons. The van der Waals surface area contributed by atoms with Crippen molar-refractivity contribution in [2.45, 2.75) is 38.5 Å². The van der Waals surface area contributed by atoms with Crippen molar-refractivity contribution in [1.82, 2.24) is 14.9 Å². The second-order valence-corrected chi connectivity index (χ2v) is 7.13. The maximum atomic E-state index is 12.6. The summed E-state index contributed by atoms with van der Waals surface area (Å²) < 4.78 is 39.8. The molecule has 0 saturated heterocycles. The summed E-state index contributed by atoms with van der Waals surface area (Å²) >= 11 is 7.05. The van der Waals surface area contributed by atoms with Crippen LogP contribution >= 0.6 is 23.4 Å². The topological polar surface area (TPSA) is 46.9 Å². The van der Waals surface area contributed by atoms with Crippen LogP contribution in [0.25, 0.3) is 0 Å². The lowest BCUT2D eigenvalue weighted by atomic mass is 10.2. The summed E-state index contributed by atoms with van der Waals surface area (Å²) in [6.45, 7) is 6.99. The fourth-order valence-electron chi connectivity index (χ4n) is 2.61. The number of nitrogens with one attached hydrogen (secondary N) is 1. The van der Waals surface area contributed by atoms with Crippen LogP contribution in [0.3, 0.4) is 0 Å². The van der Waals surface area contributed by atoms with E-state index in [9.17, 15) is 18.0 Å². The maximum Gasteiger partial charge on any atom is 0.417 e. The number of aromatic nitrogens is 2. The molecule has 26 heavy (non-hydrogen) atoms. The van der Waals surface area contributed by atoms with Crippen molar-refractivity contribution in [2.75, 3.05) is 12.3 Å². The van der Waals surface area contributed by atoms with Crippen LogP contribution in [0, 0.1) is 13.8 Å². The van der Waals surface area contributed by atoms with Gasteiger partial charge < -0.3 is 9.88 Å². The van der Waals surface area contributed by atoms with Crippen molar-refractivity contribution >= 4 is 29.3 Å². The van der Waals surface area contributed by atoms with Crippen molar-refractivity contribution in [2.24, 2.45) is 0 Å². The first-order chi connectivity index (χ1) is 12.1. The molecular formula is C17H19ClF3N3OS. The van der Waals surface area contributed by atoms with E-state index in [1.165, 1.54) is 11.8 Å². The summed E-state index contributed by atoms with van der Waals surface area (Å²) in [7, 11) is 0. The maximum absolute atomic E-state index is 12.6. The third kappa shape index (κ3) is 4.73. The van der Waals surface area contributed by atoms with Crippen LogP contribution in [0.15, 0.2) is 23.4 Å². The lowest BCUT2D eigenvalue weighted by Crippen LogP contribution is -2.26. The minimum atomic E-state index is -4.47. The second-order valence-electron chi connectivity index (χ2n) is 5.64. The fourth-order valence-corrected chi connectivity index (χ4v) is 3.66. The monoisotopic (exact) mass is 405 g/mol. The molecule has 0 saturated carbocycles. The van der Waals surface area contributed by atoms with Gasteiger partial charge in [0, 0.05) is 36.4 Å². The minimum absolute atomic E-state index is 0.0531. The zero-order valence-corrected chi connectivity index (χ0v) is 16.1. The molecule has 0 unspecified atom stereocenters. The van der Waals surface area contributed by atoms with Gasteiger partial charge in [-0.2, -0.15) is 13.2 Å². The highest BCUT2D eigenvalue weighted by atomic mass is 35.5. The fraction of sp³-hybridized carbons (Fsp3) is 0.412. The van der Waals surface area contributed by atoms with Crippen LogP contribution in [-0.2, 0) is 12.7 Å². The molecule has 2 heterocycles. The molecule has 142 valence electrons. The van der Waals surface area contributed by atoms with E-state index in [2.05, 4.69) is 14.9 Å². The summed E-state index contributed by atoms with van der Waals surface area (Å²) in [6, 6.07) is 2.70. The van der Waals surface area contributed by atoms with E-state index in [1.54, 1.807) is 0 Å². The zero-order chi connectivity index (χ0) is 19.5. The lowest BCUT2D eigenvalue weighted by molar-refractivity contribution is -0.137. The average molecular weight is 406 g/mol. The van der Waals surface area contributed by atoms with E-state index in [-0.39, 0.29) is 10.9 Å². The first-order valence-electron chi connectivity index (χ1n) is 7.95. The van der Waals surface area contributed by atoms with Crippen LogP contribution in [0.4, 0.5) is 13.2 Å². The van der Waals surface area contributed by atoms with Gasteiger partial charge >= 0.3 is 6.18 Å². The number of thioether (sulfide) groups is 1. The standard InChI is InChI=1S/C17H19ClF3N3OS/c1-4-24-10(2)7-13(11(24)3)15(25)22-5-6-26-16-14(18)8-12(9-23-16)17(19,20)21/h7-9H,4-6H2,1-3H3,(H,22,25). The first kappa shape index (κ1) is 20.6. The SMILES string of the molecule is CCn1c(C)cc(C(=O)NCCSc2ncc(C(F)(F)F)cc2Cl)c1C. The number of hydrogen-bond donors (Lipinski definition) is 1. The van der Waals surface area contributed by atoms with Crippen molar-refractivity contribution in [1.29, 1.82) is 0 Å². The molecule has 0 fully saturated rings. The van der Waals surface area contributed by atoms with Gasteiger partial charge in [0.1, 0.15) is 5.03 Å². The smallest absolute Gasteiger partial charge is 0.351 e. The molecule has 0 aliphatic carbocycles. The van der Waals surface area contributed by atoms with E-state index < -0.39 is 11.7 Å². The summed E-state index contributed by atoms with van der Waals surface area (Å²) in [5, 5.41) is 3.06. The lowest BCUT2D eigenvalue weighted by Gasteiger charge is -2.09. The highest BCUT2D eigenvalue weighted by molar-refractivity contribution is 7.99. The predicted octanol–water partition coefficient (Wildman–Crippen LogP) is 4.71. The molecule has 0 aliphatic rings. The van der Waals surface area contributed by atoms with Gasteiger partial charge in [-0.25, -0.2) is 4.98 Å². The number of carbonyl (C=O) groups excluding carboxylic acids is 1. The largest absolute Gasteiger partial charge is 0.417 e. The third-order valence-corrected chi connectivity index (χ3v) is 5.30.